The fourth-order valence-electron chi connectivity index (χ4n) is 2.80. The zero-order valence-electron chi connectivity index (χ0n) is 12.7. The van der Waals surface area contributed by atoms with Gasteiger partial charge in [-0.2, -0.15) is 0 Å². The molecule has 0 aromatic rings. The standard InChI is InChI=1S/C14H26N4O2/c1-14(2,3)16-13(20)18-8-11(9-18)17-6-4-10(5-7-17)12(15)19/h10-11H,4-9H2,1-3H3,(H2,15,19)(H,16,20). The molecule has 2 rings (SSSR count). The number of hydrogen-bond donors (Lipinski definition) is 2. The molecule has 2 aliphatic heterocycles. The third kappa shape index (κ3) is 3.62. The van der Waals surface area contributed by atoms with E-state index in [1.165, 1.54) is 0 Å². The van der Waals surface area contributed by atoms with E-state index in [1.807, 2.05) is 25.7 Å². The Morgan fingerprint density at radius 3 is 2.15 bits per heavy atom. The summed E-state index contributed by atoms with van der Waals surface area (Å²) in [7, 11) is 0. The van der Waals surface area contributed by atoms with Crippen LogP contribution < -0.4 is 11.1 Å². The van der Waals surface area contributed by atoms with Gasteiger partial charge in [0.2, 0.25) is 5.91 Å². The van der Waals surface area contributed by atoms with Crippen molar-refractivity contribution in [2.75, 3.05) is 26.2 Å². The molecule has 2 fully saturated rings. The van der Waals surface area contributed by atoms with Gasteiger partial charge in [0.1, 0.15) is 0 Å². The molecule has 114 valence electrons. The molecule has 6 heteroatoms. The molecule has 2 aliphatic rings. The smallest absolute Gasteiger partial charge is 0.317 e. The predicted octanol–water partition coefficient (Wildman–Crippen LogP) is 0.376. The maximum absolute atomic E-state index is 11.9. The fourth-order valence-corrected chi connectivity index (χ4v) is 2.80. The Morgan fingerprint density at radius 1 is 1.15 bits per heavy atom. The number of likely N-dealkylation sites (tertiary alicyclic amines) is 2. The van der Waals surface area contributed by atoms with E-state index >= 15 is 0 Å². The van der Waals surface area contributed by atoms with Crippen LogP contribution in [0.1, 0.15) is 33.6 Å². The van der Waals surface area contributed by atoms with Gasteiger partial charge in [0.15, 0.2) is 0 Å². The second kappa shape index (κ2) is 5.60. The number of rotatable bonds is 2. The first kappa shape index (κ1) is 15.1. The van der Waals surface area contributed by atoms with Crippen molar-refractivity contribution in [2.24, 2.45) is 11.7 Å². The van der Waals surface area contributed by atoms with E-state index in [9.17, 15) is 9.59 Å². The highest BCUT2D eigenvalue weighted by Gasteiger charge is 2.37. The summed E-state index contributed by atoms with van der Waals surface area (Å²) in [4.78, 5) is 27.3. The average molecular weight is 282 g/mol. The topological polar surface area (TPSA) is 78.7 Å². The van der Waals surface area contributed by atoms with Gasteiger partial charge >= 0.3 is 6.03 Å². The van der Waals surface area contributed by atoms with Crippen molar-refractivity contribution in [1.29, 1.82) is 0 Å². The van der Waals surface area contributed by atoms with Crippen molar-refractivity contribution in [3.8, 4) is 0 Å². The number of hydrogen-bond acceptors (Lipinski definition) is 3. The Balaban J connectivity index is 1.72. The molecular weight excluding hydrogens is 256 g/mol. The largest absolute Gasteiger partial charge is 0.369 e. The van der Waals surface area contributed by atoms with Crippen LogP contribution >= 0.6 is 0 Å². The Bertz CT molecular complexity index is 377. The first-order valence-electron chi connectivity index (χ1n) is 7.37. The summed E-state index contributed by atoms with van der Waals surface area (Å²) in [5.74, 6) is -0.143. The second-order valence-corrected chi connectivity index (χ2v) is 6.95. The lowest BCUT2D eigenvalue weighted by atomic mass is 9.94. The van der Waals surface area contributed by atoms with Gasteiger partial charge in [0.05, 0.1) is 0 Å². The number of urea groups is 1. The lowest BCUT2D eigenvalue weighted by Crippen LogP contribution is -2.65. The van der Waals surface area contributed by atoms with Crippen molar-refractivity contribution >= 4 is 11.9 Å². The molecule has 2 saturated heterocycles. The summed E-state index contributed by atoms with van der Waals surface area (Å²) in [6, 6.07) is 0.454. The summed E-state index contributed by atoms with van der Waals surface area (Å²) >= 11 is 0. The number of carbonyl (C=O) groups is 2. The monoisotopic (exact) mass is 282 g/mol. The van der Waals surface area contributed by atoms with E-state index in [4.69, 9.17) is 5.73 Å². The second-order valence-electron chi connectivity index (χ2n) is 6.95. The first-order valence-corrected chi connectivity index (χ1v) is 7.37. The highest BCUT2D eigenvalue weighted by molar-refractivity contribution is 5.77. The van der Waals surface area contributed by atoms with E-state index in [0.29, 0.717) is 6.04 Å². The van der Waals surface area contributed by atoms with E-state index in [1.54, 1.807) is 0 Å². The van der Waals surface area contributed by atoms with Gasteiger partial charge in [-0.3, -0.25) is 9.69 Å². The molecule has 3 amide bonds. The van der Waals surface area contributed by atoms with E-state index in [0.717, 1.165) is 39.0 Å². The summed E-state index contributed by atoms with van der Waals surface area (Å²) < 4.78 is 0. The number of amides is 3. The maximum atomic E-state index is 11.9. The molecule has 0 atom stereocenters. The van der Waals surface area contributed by atoms with Gasteiger partial charge in [-0.25, -0.2) is 4.79 Å². The van der Waals surface area contributed by atoms with Gasteiger partial charge in [-0.15, -0.1) is 0 Å². The highest BCUT2D eigenvalue weighted by atomic mass is 16.2. The Morgan fingerprint density at radius 2 is 1.70 bits per heavy atom. The van der Waals surface area contributed by atoms with E-state index < -0.39 is 0 Å². The van der Waals surface area contributed by atoms with Gasteiger partial charge < -0.3 is 16.0 Å². The van der Waals surface area contributed by atoms with Crippen LogP contribution in [0.15, 0.2) is 0 Å². The SMILES string of the molecule is CC(C)(C)NC(=O)N1CC(N2CCC(C(N)=O)CC2)C1. The lowest BCUT2D eigenvalue weighted by Gasteiger charge is -2.47. The van der Waals surface area contributed by atoms with Gasteiger partial charge in [0, 0.05) is 30.6 Å². The van der Waals surface area contributed by atoms with Crippen molar-refractivity contribution in [3.63, 3.8) is 0 Å². The molecule has 6 nitrogen and oxygen atoms in total. The molecule has 3 N–H and O–H groups in total. The molecule has 0 bridgehead atoms. The normalized spacial score (nSPS) is 22.4. The van der Waals surface area contributed by atoms with Crippen molar-refractivity contribution in [2.45, 2.75) is 45.2 Å². The number of carbonyl (C=O) groups excluding carboxylic acids is 2. The van der Waals surface area contributed by atoms with Crippen LogP contribution in [0.25, 0.3) is 0 Å². The Labute approximate surface area is 120 Å². The Kier molecular flexibility index (Phi) is 4.22. The fraction of sp³-hybridized carbons (Fsp3) is 0.857. The molecule has 0 saturated carbocycles. The molecule has 2 heterocycles. The van der Waals surface area contributed by atoms with Gasteiger partial charge in [0.25, 0.3) is 0 Å². The number of primary amides is 1. The van der Waals surface area contributed by atoms with Crippen molar-refractivity contribution < 1.29 is 9.59 Å². The quantitative estimate of drug-likeness (QED) is 0.768. The minimum Gasteiger partial charge on any atom is -0.369 e. The van der Waals surface area contributed by atoms with Crippen LogP contribution in [-0.2, 0) is 4.79 Å². The molecule has 0 aromatic heterocycles. The molecule has 20 heavy (non-hydrogen) atoms. The average Bonchev–Trinajstić information content (AvgIpc) is 2.25. The van der Waals surface area contributed by atoms with Crippen molar-refractivity contribution in [3.05, 3.63) is 0 Å². The van der Waals surface area contributed by atoms with Gasteiger partial charge in [-0.05, 0) is 46.7 Å². The molecule has 0 spiro atoms. The predicted molar refractivity (Wildman–Crippen MR) is 77.1 cm³/mol. The number of nitrogens with two attached hydrogens (primary N) is 1. The number of nitrogens with one attached hydrogen (secondary N) is 1. The van der Waals surface area contributed by atoms with Crippen LogP contribution in [0.4, 0.5) is 4.79 Å². The van der Waals surface area contributed by atoms with Gasteiger partial charge in [-0.1, -0.05) is 0 Å². The lowest BCUT2D eigenvalue weighted by molar-refractivity contribution is -0.123. The summed E-state index contributed by atoms with van der Waals surface area (Å²) in [5, 5.41) is 2.97. The first-order chi connectivity index (χ1) is 9.26. The van der Waals surface area contributed by atoms with Crippen LogP contribution in [0.3, 0.4) is 0 Å². The number of piperidine rings is 1. The zero-order valence-corrected chi connectivity index (χ0v) is 12.7. The zero-order chi connectivity index (χ0) is 14.9. The van der Waals surface area contributed by atoms with E-state index in [-0.39, 0.29) is 23.4 Å². The summed E-state index contributed by atoms with van der Waals surface area (Å²) in [6.07, 6.45) is 1.69. The van der Waals surface area contributed by atoms with Crippen LogP contribution in [-0.4, -0.2) is 59.5 Å². The molecule has 0 unspecified atom stereocenters. The summed E-state index contributed by atoms with van der Waals surface area (Å²) in [5.41, 5.74) is 5.14. The minimum absolute atomic E-state index is 0.0146. The third-order valence-electron chi connectivity index (χ3n) is 4.08. The van der Waals surface area contributed by atoms with E-state index in [2.05, 4.69) is 10.2 Å². The minimum atomic E-state index is -0.192. The van der Waals surface area contributed by atoms with Crippen LogP contribution in [0.2, 0.25) is 0 Å². The Hall–Kier alpha value is -1.30. The maximum Gasteiger partial charge on any atom is 0.317 e. The van der Waals surface area contributed by atoms with Crippen molar-refractivity contribution in [1.82, 2.24) is 15.1 Å². The third-order valence-corrected chi connectivity index (χ3v) is 4.08. The molecule has 0 aromatic carbocycles. The molecule has 0 radical (unpaired) electrons. The van der Waals surface area contributed by atoms with Crippen LogP contribution in [0.5, 0.6) is 0 Å². The molecule has 0 aliphatic carbocycles. The van der Waals surface area contributed by atoms with Crippen LogP contribution in [0, 0.1) is 5.92 Å². The number of nitrogens with zero attached hydrogens (tertiary/aromatic N) is 2. The summed E-state index contributed by atoms with van der Waals surface area (Å²) in [6.45, 7) is 9.33. The molecular formula is C14H26N4O2. The highest BCUT2D eigenvalue weighted by Crippen LogP contribution is 2.23.